The van der Waals surface area contributed by atoms with Crippen LogP contribution >= 0.6 is 11.3 Å². The molecule has 0 bridgehead atoms. The Labute approximate surface area is 147 Å². The van der Waals surface area contributed by atoms with Gasteiger partial charge in [-0.1, -0.05) is 13.8 Å². The molecule has 1 amide bonds. The second-order valence-corrected chi connectivity index (χ2v) is 9.24. The molecule has 0 saturated carbocycles. The van der Waals surface area contributed by atoms with Gasteiger partial charge in [0.15, 0.2) is 0 Å². The molecule has 0 saturated heterocycles. The lowest BCUT2D eigenvalue weighted by molar-refractivity contribution is 0.0579. The highest BCUT2D eigenvalue weighted by Gasteiger charge is 2.40. The largest absolute Gasteiger partial charge is 0.443 e. The van der Waals surface area contributed by atoms with Gasteiger partial charge >= 0.3 is 6.09 Å². The Morgan fingerprint density at radius 1 is 1.33 bits per heavy atom. The second kappa shape index (κ2) is 5.59. The van der Waals surface area contributed by atoms with Crippen LogP contribution in [0.4, 0.5) is 10.5 Å². The summed E-state index contributed by atoms with van der Waals surface area (Å²) in [4.78, 5) is 21.4. The Balaban J connectivity index is 2.01. The zero-order chi connectivity index (χ0) is 17.7. The van der Waals surface area contributed by atoms with Gasteiger partial charge in [0.05, 0.1) is 16.3 Å². The fourth-order valence-electron chi connectivity index (χ4n) is 2.94. The van der Waals surface area contributed by atoms with Crippen LogP contribution in [0.1, 0.15) is 45.1 Å². The minimum atomic E-state index is -0.509. The van der Waals surface area contributed by atoms with Crippen molar-refractivity contribution in [2.75, 3.05) is 11.4 Å². The molecule has 0 fully saturated rings. The monoisotopic (exact) mass is 344 g/mol. The topological polar surface area (TPSA) is 42.4 Å². The van der Waals surface area contributed by atoms with E-state index in [1.807, 2.05) is 33.0 Å². The molecule has 2 aromatic heterocycles. The van der Waals surface area contributed by atoms with Crippen LogP contribution in [-0.4, -0.2) is 23.2 Å². The molecule has 2 aromatic rings. The van der Waals surface area contributed by atoms with Gasteiger partial charge in [0.25, 0.3) is 0 Å². The van der Waals surface area contributed by atoms with E-state index in [9.17, 15) is 4.79 Å². The average Bonchev–Trinajstić information content (AvgIpc) is 2.99. The van der Waals surface area contributed by atoms with Crippen molar-refractivity contribution in [1.82, 2.24) is 4.98 Å². The van der Waals surface area contributed by atoms with Gasteiger partial charge in [-0.15, -0.1) is 11.3 Å². The Bertz CT molecular complexity index is 787. The summed E-state index contributed by atoms with van der Waals surface area (Å²) in [6.07, 6.45) is 1.61. The van der Waals surface area contributed by atoms with E-state index in [1.54, 1.807) is 16.2 Å². The maximum absolute atomic E-state index is 12.6. The lowest BCUT2D eigenvalue weighted by Crippen LogP contribution is -2.38. The normalized spacial score (nSPS) is 16.2. The van der Waals surface area contributed by atoms with E-state index in [0.717, 1.165) is 21.8 Å². The number of thiophene rings is 1. The average molecular weight is 344 g/mol. The molecule has 0 unspecified atom stereocenters. The number of aromatic nitrogens is 1. The van der Waals surface area contributed by atoms with Gasteiger partial charge in [0.1, 0.15) is 5.60 Å². The smallest absolute Gasteiger partial charge is 0.414 e. The Morgan fingerprint density at radius 3 is 2.62 bits per heavy atom. The quantitative estimate of drug-likeness (QED) is 0.718. The Kier molecular flexibility index (Phi) is 3.95. The van der Waals surface area contributed by atoms with E-state index >= 15 is 0 Å². The lowest BCUT2D eigenvalue weighted by Gasteiger charge is -2.26. The van der Waals surface area contributed by atoms with Gasteiger partial charge in [0, 0.05) is 28.6 Å². The fourth-order valence-corrected chi connectivity index (χ4v) is 3.78. The third-order valence-corrected chi connectivity index (χ3v) is 5.09. The molecule has 0 spiro atoms. The van der Waals surface area contributed by atoms with E-state index < -0.39 is 5.60 Å². The molecule has 3 rings (SSSR count). The maximum Gasteiger partial charge on any atom is 0.414 e. The summed E-state index contributed by atoms with van der Waals surface area (Å²) in [6, 6.07) is 6.18. The van der Waals surface area contributed by atoms with Gasteiger partial charge in [-0.25, -0.2) is 4.79 Å². The minimum absolute atomic E-state index is 0.136. The van der Waals surface area contributed by atoms with Gasteiger partial charge in [-0.05, 0) is 45.9 Å². The molecule has 0 atom stereocenters. The van der Waals surface area contributed by atoms with Crippen molar-refractivity contribution in [3.05, 3.63) is 34.8 Å². The van der Waals surface area contributed by atoms with Crippen LogP contribution in [0.15, 0.2) is 24.4 Å². The molecule has 1 aliphatic heterocycles. The summed E-state index contributed by atoms with van der Waals surface area (Å²) in [5, 5.41) is 0. The number of rotatable bonds is 1. The summed E-state index contributed by atoms with van der Waals surface area (Å²) < 4.78 is 5.59. The standard InChI is InChI=1S/C19H24N2O2S/c1-12-7-8-16(24-12)14-9-15-13(10-20-14)19(5,6)11-21(15)17(22)23-18(2,3)4/h7-10H,11H2,1-6H3. The van der Waals surface area contributed by atoms with Crippen LogP contribution in [0.5, 0.6) is 0 Å². The van der Waals surface area contributed by atoms with Crippen molar-refractivity contribution in [3.8, 4) is 10.6 Å². The highest BCUT2D eigenvalue weighted by atomic mass is 32.1. The molecule has 0 aliphatic carbocycles. The van der Waals surface area contributed by atoms with Crippen molar-refractivity contribution in [3.63, 3.8) is 0 Å². The molecule has 5 heteroatoms. The number of nitrogens with zero attached hydrogens (tertiary/aromatic N) is 2. The Morgan fingerprint density at radius 2 is 2.04 bits per heavy atom. The van der Waals surface area contributed by atoms with Crippen molar-refractivity contribution in [1.29, 1.82) is 0 Å². The molecule has 3 heterocycles. The Hall–Kier alpha value is -1.88. The summed E-state index contributed by atoms with van der Waals surface area (Å²) in [5.41, 5.74) is 2.25. The van der Waals surface area contributed by atoms with Gasteiger partial charge in [0.2, 0.25) is 0 Å². The first kappa shape index (κ1) is 17.0. The predicted molar refractivity (Wildman–Crippen MR) is 98.9 cm³/mol. The molecule has 4 nitrogen and oxygen atoms in total. The maximum atomic E-state index is 12.6. The molecule has 1 aliphatic rings. The highest BCUT2D eigenvalue weighted by Crippen LogP contribution is 2.42. The summed E-state index contributed by atoms with van der Waals surface area (Å²) in [7, 11) is 0. The summed E-state index contributed by atoms with van der Waals surface area (Å²) in [6.45, 7) is 12.6. The third kappa shape index (κ3) is 3.18. The summed E-state index contributed by atoms with van der Waals surface area (Å²) in [5.74, 6) is 0. The number of hydrogen-bond donors (Lipinski definition) is 0. The number of ether oxygens (including phenoxy) is 1. The number of aryl methyl sites for hydroxylation is 1. The number of fused-ring (bicyclic) bond motifs is 1. The van der Waals surface area contributed by atoms with Crippen LogP contribution < -0.4 is 4.90 Å². The van der Waals surface area contributed by atoms with E-state index in [-0.39, 0.29) is 11.5 Å². The number of pyridine rings is 1. The number of hydrogen-bond acceptors (Lipinski definition) is 4. The molecule has 24 heavy (non-hydrogen) atoms. The first-order valence-corrected chi connectivity index (χ1v) is 8.96. The molecule has 128 valence electrons. The molecular weight excluding hydrogens is 320 g/mol. The van der Waals surface area contributed by atoms with Crippen molar-refractivity contribution >= 4 is 23.1 Å². The number of anilines is 1. The molecule has 0 N–H and O–H groups in total. The fraction of sp³-hybridized carbons (Fsp3) is 0.474. The van der Waals surface area contributed by atoms with Crippen molar-refractivity contribution in [2.45, 2.75) is 52.6 Å². The predicted octanol–water partition coefficient (Wildman–Crippen LogP) is 5.15. The van der Waals surface area contributed by atoms with E-state index in [0.29, 0.717) is 6.54 Å². The minimum Gasteiger partial charge on any atom is -0.443 e. The SMILES string of the molecule is Cc1ccc(-c2cc3c(cn2)C(C)(C)CN3C(=O)OC(C)(C)C)s1. The van der Waals surface area contributed by atoms with Gasteiger partial charge < -0.3 is 4.74 Å². The second-order valence-electron chi connectivity index (χ2n) is 7.95. The van der Waals surface area contributed by atoms with Crippen LogP contribution in [0.25, 0.3) is 10.6 Å². The van der Waals surface area contributed by atoms with Crippen LogP contribution in [0.2, 0.25) is 0 Å². The van der Waals surface area contributed by atoms with E-state index in [1.165, 1.54) is 4.88 Å². The van der Waals surface area contributed by atoms with Gasteiger partial charge in [-0.3, -0.25) is 9.88 Å². The van der Waals surface area contributed by atoms with Gasteiger partial charge in [-0.2, -0.15) is 0 Å². The number of carbonyl (C=O) groups excluding carboxylic acids is 1. The van der Waals surface area contributed by atoms with Crippen LogP contribution in [0, 0.1) is 6.92 Å². The lowest BCUT2D eigenvalue weighted by atomic mass is 9.88. The molecule has 0 aromatic carbocycles. The molecule has 0 radical (unpaired) electrons. The van der Waals surface area contributed by atoms with Crippen LogP contribution in [-0.2, 0) is 10.2 Å². The number of amides is 1. The third-order valence-electron chi connectivity index (χ3n) is 4.06. The zero-order valence-corrected chi connectivity index (χ0v) is 16.0. The number of carbonyl (C=O) groups is 1. The van der Waals surface area contributed by atoms with E-state index in [2.05, 4.69) is 37.9 Å². The highest BCUT2D eigenvalue weighted by molar-refractivity contribution is 7.15. The first-order chi connectivity index (χ1) is 11.1. The van der Waals surface area contributed by atoms with E-state index in [4.69, 9.17) is 4.74 Å². The molecular formula is C19H24N2O2S. The first-order valence-electron chi connectivity index (χ1n) is 8.15. The summed E-state index contributed by atoms with van der Waals surface area (Å²) >= 11 is 1.71. The van der Waals surface area contributed by atoms with Crippen molar-refractivity contribution < 1.29 is 9.53 Å². The zero-order valence-electron chi connectivity index (χ0n) is 15.1. The van der Waals surface area contributed by atoms with Crippen LogP contribution in [0.3, 0.4) is 0 Å². The van der Waals surface area contributed by atoms with Crippen molar-refractivity contribution in [2.24, 2.45) is 0 Å².